The highest BCUT2D eigenvalue weighted by atomic mass is 15.0. The number of benzene rings is 2. The Balaban J connectivity index is 1.88. The lowest BCUT2D eigenvalue weighted by atomic mass is 10.2. The zero-order valence-electron chi connectivity index (χ0n) is 12.8. The normalized spacial score (nSPS) is 10.7. The number of anilines is 3. The van der Waals surface area contributed by atoms with Crippen molar-refractivity contribution in [3.8, 4) is 11.4 Å². The van der Waals surface area contributed by atoms with Gasteiger partial charge in [0.15, 0.2) is 5.82 Å². The van der Waals surface area contributed by atoms with Gasteiger partial charge >= 0.3 is 0 Å². The molecule has 116 valence electrons. The topological polar surface area (TPSA) is 76.7 Å². The fourth-order valence-electron chi connectivity index (χ4n) is 2.54. The third kappa shape index (κ3) is 2.63. The van der Waals surface area contributed by atoms with Crippen LogP contribution in [0, 0.1) is 0 Å². The van der Waals surface area contributed by atoms with E-state index in [2.05, 4.69) is 15.3 Å². The van der Waals surface area contributed by atoms with E-state index in [0.717, 1.165) is 28.0 Å². The summed E-state index contributed by atoms with van der Waals surface area (Å²) in [7, 11) is 0. The molecule has 4 aromatic rings. The Labute approximate surface area is 139 Å². The number of nitrogens with zero attached hydrogens (tertiary/aromatic N) is 3. The minimum Gasteiger partial charge on any atom is -0.396 e. The van der Waals surface area contributed by atoms with Gasteiger partial charge in [-0.3, -0.25) is 4.98 Å². The number of rotatable bonds is 3. The highest BCUT2D eigenvalue weighted by Crippen LogP contribution is 2.28. The lowest BCUT2D eigenvalue weighted by molar-refractivity contribution is 1.22. The van der Waals surface area contributed by atoms with Gasteiger partial charge in [0.05, 0.1) is 23.1 Å². The number of aromatic nitrogens is 3. The maximum Gasteiger partial charge on any atom is 0.162 e. The molecule has 2 aromatic heterocycles. The van der Waals surface area contributed by atoms with E-state index in [1.165, 1.54) is 0 Å². The molecule has 0 fully saturated rings. The van der Waals surface area contributed by atoms with Crippen molar-refractivity contribution in [1.29, 1.82) is 0 Å². The molecule has 0 atom stereocenters. The van der Waals surface area contributed by atoms with E-state index in [4.69, 9.17) is 10.7 Å². The number of para-hydroxylation sites is 1. The SMILES string of the molecule is Nc1cnccc1Nc1nc(-c2ccccc2)nc2ccccc12. The van der Waals surface area contributed by atoms with E-state index < -0.39 is 0 Å². The van der Waals surface area contributed by atoms with Crippen molar-refractivity contribution in [2.45, 2.75) is 0 Å². The van der Waals surface area contributed by atoms with Gasteiger partial charge in [0, 0.05) is 17.1 Å². The fraction of sp³-hybridized carbons (Fsp3) is 0. The Hall–Kier alpha value is -3.47. The molecule has 0 aliphatic carbocycles. The molecule has 0 aliphatic rings. The molecule has 0 spiro atoms. The van der Waals surface area contributed by atoms with Crippen LogP contribution in [0.15, 0.2) is 73.1 Å². The number of nitrogen functional groups attached to an aromatic ring is 1. The monoisotopic (exact) mass is 313 g/mol. The van der Waals surface area contributed by atoms with Gasteiger partial charge in [0.2, 0.25) is 0 Å². The van der Waals surface area contributed by atoms with Gasteiger partial charge in [-0.15, -0.1) is 0 Å². The molecule has 2 heterocycles. The van der Waals surface area contributed by atoms with Crippen LogP contribution in [-0.4, -0.2) is 15.0 Å². The van der Waals surface area contributed by atoms with Crippen LogP contribution in [0.1, 0.15) is 0 Å². The van der Waals surface area contributed by atoms with E-state index in [1.54, 1.807) is 12.4 Å². The quantitative estimate of drug-likeness (QED) is 0.597. The summed E-state index contributed by atoms with van der Waals surface area (Å²) in [5.41, 5.74) is 9.18. The molecule has 0 aliphatic heterocycles. The average molecular weight is 313 g/mol. The Kier molecular flexibility index (Phi) is 3.51. The minimum atomic E-state index is 0.571. The second-order valence-corrected chi connectivity index (χ2v) is 5.37. The van der Waals surface area contributed by atoms with Gasteiger partial charge in [0.25, 0.3) is 0 Å². The van der Waals surface area contributed by atoms with Gasteiger partial charge in [-0.25, -0.2) is 9.97 Å². The predicted molar refractivity (Wildman–Crippen MR) is 96.9 cm³/mol. The molecule has 0 amide bonds. The third-order valence-corrected chi connectivity index (χ3v) is 3.74. The minimum absolute atomic E-state index is 0.571. The van der Waals surface area contributed by atoms with Crippen molar-refractivity contribution >= 4 is 28.1 Å². The maximum atomic E-state index is 5.99. The van der Waals surface area contributed by atoms with Crippen LogP contribution < -0.4 is 11.1 Å². The van der Waals surface area contributed by atoms with E-state index >= 15 is 0 Å². The van der Waals surface area contributed by atoms with E-state index in [0.29, 0.717) is 11.5 Å². The van der Waals surface area contributed by atoms with E-state index in [9.17, 15) is 0 Å². The zero-order valence-corrected chi connectivity index (χ0v) is 12.8. The largest absolute Gasteiger partial charge is 0.396 e. The highest BCUT2D eigenvalue weighted by Gasteiger charge is 2.10. The van der Waals surface area contributed by atoms with Crippen molar-refractivity contribution in [3.05, 3.63) is 73.1 Å². The second-order valence-electron chi connectivity index (χ2n) is 5.37. The van der Waals surface area contributed by atoms with Crippen molar-refractivity contribution in [3.63, 3.8) is 0 Å². The van der Waals surface area contributed by atoms with Crippen molar-refractivity contribution in [1.82, 2.24) is 15.0 Å². The second kappa shape index (κ2) is 5.96. The van der Waals surface area contributed by atoms with Gasteiger partial charge in [-0.2, -0.15) is 0 Å². The molecule has 24 heavy (non-hydrogen) atoms. The van der Waals surface area contributed by atoms with Crippen LogP contribution in [0.25, 0.3) is 22.3 Å². The molecule has 4 rings (SSSR count). The van der Waals surface area contributed by atoms with Crippen LogP contribution in [-0.2, 0) is 0 Å². The van der Waals surface area contributed by atoms with Gasteiger partial charge in [0.1, 0.15) is 5.82 Å². The zero-order chi connectivity index (χ0) is 16.4. The van der Waals surface area contributed by atoms with Gasteiger partial charge < -0.3 is 11.1 Å². The summed E-state index contributed by atoms with van der Waals surface area (Å²) in [5, 5.41) is 4.25. The predicted octanol–water partition coefficient (Wildman–Crippen LogP) is 4.02. The molecule has 2 aromatic carbocycles. The summed E-state index contributed by atoms with van der Waals surface area (Å²) >= 11 is 0. The van der Waals surface area contributed by atoms with Crippen LogP contribution in [0.5, 0.6) is 0 Å². The summed E-state index contributed by atoms with van der Waals surface area (Å²) in [5.74, 6) is 1.39. The average Bonchev–Trinajstić information content (AvgIpc) is 2.64. The van der Waals surface area contributed by atoms with E-state index in [-0.39, 0.29) is 0 Å². The molecule has 0 saturated carbocycles. The molecule has 0 saturated heterocycles. The van der Waals surface area contributed by atoms with Gasteiger partial charge in [-0.05, 0) is 18.2 Å². The van der Waals surface area contributed by atoms with Crippen molar-refractivity contribution in [2.75, 3.05) is 11.1 Å². The standard InChI is InChI=1S/C19H15N5/c20-15-12-21-11-10-17(15)23-19-14-8-4-5-9-16(14)22-18(24-19)13-6-2-1-3-7-13/h1-12H,20H2,(H,21,22,23,24). The first-order valence-electron chi connectivity index (χ1n) is 7.60. The molecule has 0 radical (unpaired) electrons. The first-order valence-corrected chi connectivity index (χ1v) is 7.60. The van der Waals surface area contributed by atoms with Crippen molar-refractivity contribution in [2.24, 2.45) is 0 Å². The first-order chi connectivity index (χ1) is 11.8. The molecule has 3 N–H and O–H groups in total. The number of nitrogens with two attached hydrogens (primary N) is 1. The Bertz CT molecular complexity index is 999. The lowest BCUT2D eigenvalue weighted by Gasteiger charge is -2.12. The van der Waals surface area contributed by atoms with Crippen LogP contribution in [0.4, 0.5) is 17.2 Å². The number of hydrogen-bond acceptors (Lipinski definition) is 5. The fourth-order valence-corrected chi connectivity index (χ4v) is 2.54. The summed E-state index contributed by atoms with van der Waals surface area (Å²) < 4.78 is 0. The Morgan fingerprint density at radius 1 is 0.833 bits per heavy atom. The number of hydrogen-bond donors (Lipinski definition) is 2. The number of pyridine rings is 1. The smallest absolute Gasteiger partial charge is 0.162 e. The molecule has 0 unspecified atom stereocenters. The molecule has 5 nitrogen and oxygen atoms in total. The summed E-state index contributed by atoms with van der Waals surface area (Å²) in [6.07, 6.45) is 3.31. The maximum absolute atomic E-state index is 5.99. The van der Waals surface area contributed by atoms with Crippen LogP contribution in [0.2, 0.25) is 0 Å². The van der Waals surface area contributed by atoms with Gasteiger partial charge in [-0.1, -0.05) is 42.5 Å². The Morgan fingerprint density at radius 3 is 2.46 bits per heavy atom. The summed E-state index contributed by atoms with van der Waals surface area (Å²) in [4.78, 5) is 13.4. The number of fused-ring (bicyclic) bond motifs is 1. The number of nitrogens with one attached hydrogen (secondary N) is 1. The summed E-state index contributed by atoms with van der Waals surface area (Å²) in [6.45, 7) is 0. The molecular weight excluding hydrogens is 298 g/mol. The molecule has 5 heteroatoms. The molecule has 0 bridgehead atoms. The Morgan fingerprint density at radius 2 is 1.62 bits per heavy atom. The lowest BCUT2D eigenvalue weighted by Crippen LogP contribution is -2.01. The molecular formula is C19H15N5. The highest BCUT2D eigenvalue weighted by molar-refractivity contribution is 5.93. The van der Waals surface area contributed by atoms with Crippen LogP contribution in [0.3, 0.4) is 0 Å². The van der Waals surface area contributed by atoms with Crippen LogP contribution >= 0.6 is 0 Å². The van der Waals surface area contributed by atoms with Crippen molar-refractivity contribution < 1.29 is 0 Å². The third-order valence-electron chi connectivity index (χ3n) is 3.74. The summed E-state index contributed by atoms with van der Waals surface area (Å²) in [6, 6.07) is 19.6. The first kappa shape index (κ1) is 14.1. The van der Waals surface area contributed by atoms with E-state index in [1.807, 2.05) is 60.7 Å².